The number of aromatic nitrogens is 2. The highest BCUT2D eigenvalue weighted by Crippen LogP contribution is 2.19. The summed E-state index contributed by atoms with van der Waals surface area (Å²) in [5, 5.41) is 6.04. The van der Waals surface area contributed by atoms with Gasteiger partial charge in [0.2, 0.25) is 5.27 Å². The summed E-state index contributed by atoms with van der Waals surface area (Å²) in [6.45, 7) is 6.90. The predicted octanol–water partition coefficient (Wildman–Crippen LogP) is 1.44. The summed E-state index contributed by atoms with van der Waals surface area (Å²) in [6, 6.07) is 0.566. The Labute approximate surface area is 131 Å². The number of nitrogens with zero attached hydrogens (tertiary/aromatic N) is 3. The van der Waals surface area contributed by atoms with E-state index in [0.717, 1.165) is 25.7 Å². The molecule has 7 heteroatoms. The van der Waals surface area contributed by atoms with E-state index in [2.05, 4.69) is 31.1 Å². The van der Waals surface area contributed by atoms with Gasteiger partial charge >= 0.3 is 11.6 Å². The van der Waals surface area contributed by atoms with Crippen LogP contribution in [0.1, 0.15) is 63.4 Å². The quantitative estimate of drug-likeness (QED) is 0.466. The van der Waals surface area contributed by atoms with Crippen molar-refractivity contribution in [2.24, 2.45) is 0 Å². The molecule has 2 rings (SSSR count). The Bertz CT molecular complexity index is 493. The monoisotopic (exact) mass is 311 g/mol. The number of hydrogen-bond acceptors (Lipinski definition) is 6. The van der Waals surface area contributed by atoms with Crippen LogP contribution in [0, 0.1) is 0 Å². The maximum Gasteiger partial charge on any atom is 0.376 e. The second-order valence-corrected chi connectivity index (χ2v) is 6.01. The molecule has 1 aromatic rings. The molecule has 0 bridgehead atoms. The third kappa shape index (κ3) is 3.58. The fourth-order valence-corrected chi connectivity index (χ4v) is 2.93. The number of unbranched alkanes of at least 4 members (excludes halogenated alkanes) is 1. The van der Waals surface area contributed by atoms with Gasteiger partial charge in [0.25, 0.3) is 5.78 Å². The van der Waals surface area contributed by atoms with E-state index in [-0.39, 0.29) is 36.1 Å². The molecular weight excluding hydrogens is 284 g/mol. The Morgan fingerprint density at radius 3 is 2.77 bits per heavy atom. The van der Waals surface area contributed by atoms with Gasteiger partial charge in [-0.05, 0) is 39.5 Å². The van der Waals surface area contributed by atoms with Crippen LogP contribution in [-0.2, 0) is 4.74 Å². The van der Waals surface area contributed by atoms with E-state index in [1.807, 2.05) is 0 Å². The molecule has 22 heavy (non-hydrogen) atoms. The van der Waals surface area contributed by atoms with Gasteiger partial charge in [0, 0.05) is 6.61 Å². The molecule has 0 saturated carbocycles. The molecule has 0 radical (unpaired) electrons. The molecule has 2 N–H and O–H groups in total. The fourth-order valence-electron chi connectivity index (χ4n) is 2.93. The molecule has 1 aromatic heterocycles. The van der Waals surface area contributed by atoms with E-state index in [1.54, 1.807) is 0 Å². The Morgan fingerprint density at radius 2 is 2.14 bits per heavy atom. The van der Waals surface area contributed by atoms with E-state index >= 15 is 0 Å². The van der Waals surface area contributed by atoms with Crippen LogP contribution in [0.5, 0.6) is 0 Å². The number of rotatable bonds is 7. The summed E-state index contributed by atoms with van der Waals surface area (Å²) in [4.78, 5) is 14.0. The van der Waals surface area contributed by atoms with Crippen LogP contribution in [0.2, 0.25) is 0 Å². The number of hydrogen-bond donors (Lipinski definition) is 1. The van der Waals surface area contributed by atoms with Crippen LogP contribution in [0.4, 0.5) is 5.88 Å². The van der Waals surface area contributed by atoms with Gasteiger partial charge in [-0.1, -0.05) is 13.3 Å². The highest BCUT2D eigenvalue weighted by molar-refractivity contribution is 5.97. The van der Waals surface area contributed by atoms with E-state index in [1.165, 1.54) is 11.2 Å². The van der Waals surface area contributed by atoms with Crippen molar-refractivity contribution < 1.29 is 18.8 Å². The lowest BCUT2D eigenvalue weighted by Crippen LogP contribution is -2.69. The minimum atomic E-state index is -0.195. The number of ketones is 1. The second-order valence-electron chi connectivity index (χ2n) is 6.01. The largest absolute Gasteiger partial charge is 0.376 e. The lowest BCUT2D eigenvalue weighted by molar-refractivity contribution is -0.767. The first-order chi connectivity index (χ1) is 10.6. The van der Waals surface area contributed by atoms with Gasteiger partial charge < -0.3 is 10.5 Å². The van der Waals surface area contributed by atoms with E-state index < -0.39 is 0 Å². The number of Topliss-reactive ketones (excluding diaryl/α,β-unsaturated/α-hetero) is 1. The van der Waals surface area contributed by atoms with Crippen molar-refractivity contribution in [2.75, 3.05) is 24.0 Å². The van der Waals surface area contributed by atoms with Crippen molar-refractivity contribution in [3.8, 4) is 0 Å². The number of piperidine rings is 1. The maximum absolute atomic E-state index is 12.4. The molecule has 1 aliphatic heterocycles. The second kappa shape index (κ2) is 7.58. The van der Waals surface area contributed by atoms with Gasteiger partial charge in [0.1, 0.15) is 6.61 Å². The van der Waals surface area contributed by atoms with Crippen molar-refractivity contribution in [1.82, 2.24) is 5.27 Å². The zero-order chi connectivity index (χ0) is 16.1. The fraction of sp³-hybridized carbons (Fsp3) is 0.800. The molecule has 0 amide bonds. The number of nitrogens with two attached hydrogens (primary N) is 1. The highest BCUT2D eigenvalue weighted by atomic mass is 16.5. The van der Waals surface area contributed by atoms with Crippen LogP contribution in [0.25, 0.3) is 0 Å². The molecule has 1 aliphatic rings. The first-order valence-electron chi connectivity index (χ1n) is 8.13. The van der Waals surface area contributed by atoms with Crippen molar-refractivity contribution in [2.45, 2.75) is 65.0 Å². The summed E-state index contributed by atoms with van der Waals surface area (Å²) in [6.07, 6.45) is 5.27. The summed E-state index contributed by atoms with van der Waals surface area (Å²) in [5.41, 5.74) is 6.11. The van der Waals surface area contributed by atoms with Crippen molar-refractivity contribution in [1.29, 1.82) is 0 Å². The zero-order valence-corrected chi connectivity index (χ0v) is 13.7. The lowest BCUT2D eigenvalue weighted by Gasteiger charge is -2.31. The highest BCUT2D eigenvalue weighted by Gasteiger charge is 2.40. The number of carbonyl (C=O) groups excluding carboxylic acids is 1. The Balaban J connectivity index is 2.14. The number of nitrogen functional groups attached to an aromatic ring is 1. The van der Waals surface area contributed by atoms with Crippen LogP contribution < -0.4 is 15.5 Å². The SMILES string of the molecule is CCCCOCC(=O)c1c(N)on[n+]1N1C(C)CCCC1C. The third-order valence-corrected chi connectivity index (χ3v) is 4.16. The number of ether oxygens (including phenoxy) is 1. The molecule has 0 spiro atoms. The average molecular weight is 311 g/mol. The first-order valence-corrected chi connectivity index (χ1v) is 8.13. The summed E-state index contributed by atoms with van der Waals surface area (Å²) in [5.74, 6) is -0.145. The summed E-state index contributed by atoms with van der Waals surface area (Å²) < 4.78 is 10.5. The van der Waals surface area contributed by atoms with Crippen molar-refractivity contribution >= 4 is 11.7 Å². The summed E-state index contributed by atoms with van der Waals surface area (Å²) >= 11 is 0. The first kappa shape index (κ1) is 16.7. The zero-order valence-electron chi connectivity index (χ0n) is 13.7. The molecule has 2 atom stereocenters. The van der Waals surface area contributed by atoms with Gasteiger partial charge in [-0.3, -0.25) is 9.32 Å². The Kier molecular flexibility index (Phi) is 5.76. The van der Waals surface area contributed by atoms with Crippen LogP contribution in [-0.4, -0.2) is 36.4 Å². The smallest absolute Gasteiger partial charge is 0.373 e. The average Bonchev–Trinajstić information content (AvgIpc) is 2.85. The predicted molar refractivity (Wildman–Crippen MR) is 82.2 cm³/mol. The normalized spacial score (nSPS) is 22.0. The van der Waals surface area contributed by atoms with Crippen molar-refractivity contribution in [3.63, 3.8) is 0 Å². The van der Waals surface area contributed by atoms with Gasteiger partial charge in [0.15, 0.2) is 0 Å². The molecule has 0 aliphatic carbocycles. The van der Waals surface area contributed by atoms with Gasteiger partial charge in [-0.15, -0.1) is 5.01 Å². The number of carbonyl (C=O) groups is 1. The lowest BCUT2D eigenvalue weighted by atomic mass is 10.00. The molecule has 124 valence electrons. The van der Waals surface area contributed by atoms with Crippen molar-refractivity contribution in [3.05, 3.63) is 5.69 Å². The molecule has 2 heterocycles. The molecule has 0 aromatic carbocycles. The van der Waals surface area contributed by atoms with Crippen LogP contribution in [0.3, 0.4) is 0 Å². The summed E-state index contributed by atoms with van der Waals surface area (Å²) in [7, 11) is 0. The van der Waals surface area contributed by atoms with E-state index in [0.29, 0.717) is 6.61 Å². The van der Waals surface area contributed by atoms with E-state index in [9.17, 15) is 4.79 Å². The van der Waals surface area contributed by atoms with Gasteiger partial charge in [0.05, 0.1) is 16.9 Å². The van der Waals surface area contributed by atoms with Crippen LogP contribution >= 0.6 is 0 Å². The Hall–Kier alpha value is -1.63. The Morgan fingerprint density at radius 1 is 1.45 bits per heavy atom. The van der Waals surface area contributed by atoms with E-state index in [4.69, 9.17) is 15.0 Å². The molecule has 1 fully saturated rings. The van der Waals surface area contributed by atoms with Gasteiger partial charge in [-0.25, -0.2) is 0 Å². The molecule has 1 saturated heterocycles. The topological polar surface area (TPSA) is 85.5 Å². The molecular formula is C15H27N4O3+. The minimum Gasteiger partial charge on any atom is -0.373 e. The number of anilines is 1. The molecule has 2 unspecified atom stereocenters. The standard InChI is InChI=1S/C15H26N4O3/c1-4-5-9-21-10-13(20)14-15(16)22-17-19(14)18-11(2)7-6-8-12(18)3/h11-12H,4-10H2,1-3H3,(H-,16,17,20)/p+1. The van der Waals surface area contributed by atoms with Crippen LogP contribution in [0.15, 0.2) is 4.52 Å². The minimum absolute atomic E-state index is 0.00200. The third-order valence-electron chi connectivity index (χ3n) is 4.16. The maximum atomic E-state index is 12.4. The van der Waals surface area contributed by atoms with Gasteiger partial charge in [-0.2, -0.15) is 0 Å². The molecule has 7 nitrogen and oxygen atoms in total.